The summed E-state index contributed by atoms with van der Waals surface area (Å²) in [6.07, 6.45) is 1.64. The number of methoxy groups -OCH3 is 1. The SMILES string of the molecule is COc1cc(/C=C2/SC(=O)N(Cc3ccccc3Br)C2=O)ccc1OCC#N. The predicted octanol–water partition coefficient (Wildman–Crippen LogP) is 4.60. The average molecular weight is 459 g/mol. The maximum Gasteiger partial charge on any atom is 0.293 e. The minimum absolute atomic E-state index is 0.0936. The second-order valence-electron chi connectivity index (χ2n) is 5.72. The van der Waals surface area contributed by atoms with E-state index < -0.39 is 0 Å². The van der Waals surface area contributed by atoms with E-state index in [9.17, 15) is 9.59 Å². The van der Waals surface area contributed by atoms with Crippen LogP contribution in [0.2, 0.25) is 0 Å². The minimum atomic E-state index is -0.338. The van der Waals surface area contributed by atoms with Crippen molar-refractivity contribution >= 4 is 44.9 Å². The molecule has 1 aliphatic rings. The topological polar surface area (TPSA) is 79.6 Å². The van der Waals surface area contributed by atoms with E-state index in [1.165, 1.54) is 12.0 Å². The molecule has 0 saturated carbocycles. The summed E-state index contributed by atoms with van der Waals surface area (Å²) in [5.74, 6) is 0.536. The summed E-state index contributed by atoms with van der Waals surface area (Å²) in [4.78, 5) is 26.6. The van der Waals surface area contributed by atoms with Gasteiger partial charge in [-0.2, -0.15) is 5.26 Å². The molecule has 28 heavy (non-hydrogen) atoms. The summed E-state index contributed by atoms with van der Waals surface area (Å²) < 4.78 is 11.4. The summed E-state index contributed by atoms with van der Waals surface area (Å²) >= 11 is 4.34. The number of imide groups is 1. The van der Waals surface area contributed by atoms with Gasteiger partial charge in [-0.3, -0.25) is 14.5 Å². The zero-order chi connectivity index (χ0) is 20.1. The molecular formula is C20H15BrN2O4S. The molecule has 0 bridgehead atoms. The van der Waals surface area contributed by atoms with Crippen LogP contribution in [0.3, 0.4) is 0 Å². The van der Waals surface area contributed by atoms with Crippen LogP contribution in [0.1, 0.15) is 11.1 Å². The Labute approximate surface area is 174 Å². The largest absolute Gasteiger partial charge is 0.493 e. The zero-order valence-corrected chi connectivity index (χ0v) is 17.2. The van der Waals surface area contributed by atoms with E-state index in [1.807, 2.05) is 30.3 Å². The third kappa shape index (κ3) is 4.38. The second kappa shape index (κ2) is 8.95. The van der Waals surface area contributed by atoms with Crippen LogP contribution in [-0.4, -0.2) is 29.8 Å². The van der Waals surface area contributed by atoms with Gasteiger partial charge >= 0.3 is 0 Å². The van der Waals surface area contributed by atoms with Crippen LogP contribution in [-0.2, 0) is 11.3 Å². The standard InChI is InChI=1S/C20H15BrN2O4S/c1-26-17-10-13(6-7-16(17)27-9-8-22)11-18-19(24)23(20(25)28-18)12-14-4-2-3-5-15(14)21/h2-7,10-11H,9,12H2,1H3/b18-11+. The van der Waals surface area contributed by atoms with E-state index in [0.29, 0.717) is 22.0 Å². The predicted molar refractivity (Wildman–Crippen MR) is 110 cm³/mol. The molecule has 1 saturated heterocycles. The lowest BCUT2D eigenvalue weighted by Crippen LogP contribution is -2.27. The number of amides is 2. The number of hydrogen-bond donors (Lipinski definition) is 0. The highest BCUT2D eigenvalue weighted by molar-refractivity contribution is 9.10. The van der Waals surface area contributed by atoms with Gasteiger partial charge < -0.3 is 9.47 Å². The maximum atomic E-state index is 12.7. The van der Waals surface area contributed by atoms with Crippen molar-refractivity contribution in [3.05, 3.63) is 63.0 Å². The Kier molecular flexibility index (Phi) is 6.39. The van der Waals surface area contributed by atoms with Crippen LogP contribution in [0.25, 0.3) is 6.08 Å². The molecule has 6 nitrogen and oxygen atoms in total. The van der Waals surface area contributed by atoms with E-state index in [0.717, 1.165) is 21.8 Å². The minimum Gasteiger partial charge on any atom is -0.493 e. The van der Waals surface area contributed by atoms with Crippen LogP contribution in [0.15, 0.2) is 51.8 Å². The summed E-state index contributed by atoms with van der Waals surface area (Å²) in [5.41, 5.74) is 1.54. The van der Waals surface area contributed by atoms with Crippen LogP contribution in [0.5, 0.6) is 11.5 Å². The fourth-order valence-corrected chi connectivity index (χ4v) is 3.84. The fourth-order valence-electron chi connectivity index (χ4n) is 2.59. The van der Waals surface area contributed by atoms with Gasteiger partial charge in [0.05, 0.1) is 18.6 Å². The number of rotatable bonds is 6. The summed E-state index contributed by atoms with van der Waals surface area (Å²) in [7, 11) is 1.49. The summed E-state index contributed by atoms with van der Waals surface area (Å²) in [6, 6.07) is 14.4. The van der Waals surface area contributed by atoms with Gasteiger partial charge in [0.2, 0.25) is 0 Å². The lowest BCUT2D eigenvalue weighted by Gasteiger charge is -2.13. The number of benzene rings is 2. The van der Waals surface area contributed by atoms with E-state index in [1.54, 1.807) is 24.3 Å². The molecule has 0 unspecified atom stereocenters. The van der Waals surface area contributed by atoms with Crippen molar-refractivity contribution in [3.63, 3.8) is 0 Å². The lowest BCUT2D eigenvalue weighted by molar-refractivity contribution is -0.123. The molecule has 0 aromatic heterocycles. The highest BCUT2D eigenvalue weighted by Gasteiger charge is 2.35. The Hall–Kier alpha value is -2.76. The van der Waals surface area contributed by atoms with Gasteiger partial charge in [0.15, 0.2) is 18.1 Å². The van der Waals surface area contributed by atoms with Gasteiger partial charge in [-0.15, -0.1) is 0 Å². The highest BCUT2D eigenvalue weighted by Crippen LogP contribution is 2.35. The van der Waals surface area contributed by atoms with Gasteiger partial charge in [0.25, 0.3) is 11.1 Å². The molecule has 2 aromatic carbocycles. The highest BCUT2D eigenvalue weighted by atomic mass is 79.9. The number of carbonyl (C=O) groups excluding carboxylic acids is 2. The number of halogens is 1. The molecule has 8 heteroatoms. The number of nitriles is 1. The van der Waals surface area contributed by atoms with E-state index >= 15 is 0 Å². The molecule has 2 aromatic rings. The van der Waals surface area contributed by atoms with Crippen molar-refractivity contribution in [1.82, 2.24) is 4.90 Å². The van der Waals surface area contributed by atoms with Crippen LogP contribution < -0.4 is 9.47 Å². The molecule has 0 spiro atoms. The first-order valence-electron chi connectivity index (χ1n) is 8.20. The Morgan fingerprint density at radius 2 is 2.00 bits per heavy atom. The van der Waals surface area contributed by atoms with Crippen molar-refractivity contribution in [2.45, 2.75) is 6.54 Å². The quantitative estimate of drug-likeness (QED) is 0.588. The molecule has 0 aliphatic carbocycles. The van der Waals surface area contributed by atoms with Crippen LogP contribution in [0.4, 0.5) is 4.79 Å². The normalized spacial score (nSPS) is 15.0. The number of hydrogen-bond acceptors (Lipinski definition) is 6. The molecule has 1 heterocycles. The van der Waals surface area contributed by atoms with E-state index in [2.05, 4.69) is 15.9 Å². The Morgan fingerprint density at radius 1 is 1.21 bits per heavy atom. The molecule has 2 amide bonds. The molecule has 3 rings (SSSR count). The van der Waals surface area contributed by atoms with Crippen molar-refractivity contribution in [2.75, 3.05) is 13.7 Å². The monoisotopic (exact) mass is 458 g/mol. The zero-order valence-electron chi connectivity index (χ0n) is 14.8. The van der Waals surface area contributed by atoms with Crippen molar-refractivity contribution in [1.29, 1.82) is 5.26 Å². The van der Waals surface area contributed by atoms with Gasteiger partial charge in [-0.1, -0.05) is 40.2 Å². The van der Waals surface area contributed by atoms with Gasteiger partial charge in [0, 0.05) is 4.47 Å². The molecule has 142 valence electrons. The lowest BCUT2D eigenvalue weighted by atomic mass is 10.1. The van der Waals surface area contributed by atoms with Crippen LogP contribution in [0, 0.1) is 11.3 Å². The van der Waals surface area contributed by atoms with E-state index in [4.69, 9.17) is 14.7 Å². The molecule has 0 atom stereocenters. The Balaban J connectivity index is 1.81. The van der Waals surface area contributed by atoms with E-state index in [-0.39, 0.29) is 24.3 Å². The smallest absolute Gasteiger partial charge is 0.293 e. The average Bonchev–Trinajstić information content (AvgIpc) is 2.95. The van der Waals surface area contributed by atoms with Gasteiger partial charge in [0.1, 0.15) is 6.07 Å². The van der Waals surface area contributed by atoms with Gasteiger partial charge in [-0.05, 0) is 47.2 Å². The number of thioether (sulfide) groups is 1. The first-order chi connectivity index (χ1) is 13.5. The van der Waals surface area contributed by atoms with Crippen LogP contribution >= 0.6 is 27.7 Å². The Morgan fingerprint density at radius 3 is 2.71 bits per heavy atom. The third-order valence-corrected chi connectivity index (χ3v) is 5.62. The number of ether oxygens (including phenoxy) is 2. The van der Waals surface area contributed by atoms with Crippen molar-refractivity contribution in [3.8, 4) is 17.6 Å². The summed E-state index contributed by atoms with van der Waals surface area (Å²) in [5, 5.41) is 8.32. The van der Waals surface area contributed by atoms with Crippen molar-refractivity contribution in [2.24, 2.45) is 0 Å². The van der Waals surface area contributed by atoms with Gasteiger partial charge in [-0.25, -0.2) is 0 Å². The fraction of sp³-hybridized carbons (Fsp3) is 0.150. The Bertz CT molecular complexity index is 1000. The maximum absolute atomic E-state index is 12.7. The number of nitrogens with zero attached hydrogens (tertiary/aromatic N) is 2. The molecule has 1 fully saturated rings. The second-order valence-corrected chi connectivity index (χ2v) is 7.56. The third-order valence-electron chi connectivity index (χ3n) is 3.94. The molecule has 0 N–H and O–H groups in total. The first kappa shape index (κ1) is 20.0. The van der Waals surface area contributed by atoms with Crippen molar-refractivity contribution < 1.29 is 19.1 Å². The molecule has 1 aliphatic heterocycles. The number of carbonyl (C=O) groups is 2. The first-order valence-corrected chi connectivity index (χ1v) is 9.81. The summed E-state index contributed by atoms with van der Waals surface area (Å²) in [6.45, 7) is 0.108. The molecular weight excluding hydrogens is 444 g/mol. The molecule has 0 radical (unpaired) electrons.